The maximum Gasteiger partial charge on any atom is 0.309 e. The van der Waals surface area contributed by atoms with Gasteiger partial charge in [-0.3, -0.25) is 14.4 Å². The molecule has 0 amide bonds. The van der Waals surface area contributed by atoms with Crippen LogP contribution in [0, 0.1) is 5.92 Å². The number of hydrogen-bond donors (Lipinski definition) is 9. The third kappa shape index (κ3) is 18.9. The molecule has 0 bridgehead atoms. The monoisotopic (exact) mass is 1210 g/mol. The first-order valence-corrected chi connectivity index (χ1v) is 31.3. The van der Waals surface area contributed by atoms with E-state index in [1.165, 1.54) is 20.8 Å². The Hall–Kier alpha value is -2.35. The first kappa shape index (κ1) is 70.7. The van der Waals surface area contributed by atoms with Crippen molar-refractivity contribution in [3.8, 4) is 0 Å². The summed E-state index contributed by atoms with van der Waals surface area (Å²) < 4.78 is 81.6. The molecular formula is C59H102O25. The second-order valence-corrected chi connectivity index (χ2v) is 23.9. The van der Waals surface area contributed by atoms with Gasteiger partial charge in [0, 0.05) is 12.8 Å². The molecule has 6 rings (SSSR count). The van der Waals surface area contributed by atoms with Crippen molar-refractivity contribution in [1.82, 2.24) is 0 Å². The van der Waals surface area contributed by atoms with Gasteiger partial charge in [0.25, 0.3) is 0 Å². The van der Waals surface area contributed by atoms with Crippen LogP contribution in [0.15, 0.2) is 0 Å². The predicted octanol–water partition coefficient (Wildman–Crippen LogP) is 2.74. The number of aliphatic hydroxyl groups is 9. The molecule has 6 saturated heterocycles. The number of carbonyl (C=O) groups is 3. The summed E-state index contributed by atoms with van der Waals surface area (Å²) in [6.07, 6.45) is -25.5. The first-order chi connectivity index (χ1) is 40.1. The second kappa shape index (κ2) is 34.6. The van der Waals surface area contributed by atoms with E-state index in [1.807, 2.05) is 6.92 Å². The molecule has 0 aromatic carbocycles. The highest BCUT2D eigenvalue weighted by molar-refractivity contribution is 5.72. The van der Waals surface area contributed by atoms with Crippen molar-refractivity contribution in [2.24, 2.45) is 5.92 Å². The average Bonchev–Trinajstić information content (AvgIpc) is 1.54. The van der Waals surface area contributed by atoms with E-state index >= 15 is 0 Å². The van der Waals surface area contributed by atoms with E-state index in [-0.39, 0.29) is 18.9 Å². The molecule has 25 nitrogen and oxygen atoms in total. The zero-order valence-electron chi connectivity index (χ0n) is 50.5. The molecule has 0 saturated carbocycles. The lowest BCUT2D eigenvalue weighted by Gasteiger charge is -2.51. The van der Waals surface area contributed by atoms with Gasteiger partial charge in [0.05, 0.1) is 43.0 Å². The van der Waals surface area contributed by atoms with E-state index < -0.39 is 184 Å². The Labute approximate surface area is 494 Å². The number of hydrogen-bond acceptors (Lipinski definition) is 25. The lowest BCUT2D eigenvalue weighted by Crippen LogP contribution is -2.68. The lowest BCUT2D eigenvalue weighted by atomic mass is 9.95. The van der Waals surface area contributed by atoms with Crippen molar-refractivity contribution in [3.63, 3.8) is 0 Å². The summed E-state index contributed by atoms with van der Waals surface area (Å²) in [5.41, 5.74) is 0. The normalized spacial score (nSPS) is 42.7. The SMILES string of the molecule is CCCCCCCCCC(=O)O[C@H]1[C@H](O[C@@H]2[C@@H](O)[C@H]3OC(=O)CCCCCCCCCC(CCC)O[C@@H]4O[C@H](C)[C@@H](O)[C@H](O)[C@H]4O[C@@H]3O[C@H]2C)O[C@@H](C)[C@H](O[C@@H]2O[C@@H](C)[C@H](OC(=O)[C@@H](C)CC)[C@@H](O)[C@H]2O)[C@H]1O[C@@H]1O[C@H](CO)[C@@H](O)[C@H](O)[C@H]1O. The molecule has 0 aromatic heterocycles. The van der Waals surface area contributed by atoms with Crippen LogP contribution >= 0.6 is 0 Å². The number of esters is 3. The maximum atomic E-state index is 14.2. The largest absolute Gasteiger partial charge is 0.457 e. The quantitative estimate of drug-likeness (QED) is 0.0453. The summed E-state index contributed by atoms with van der Waals surface area (Å²) in [7, 11) is 0. The predicted molar refractivity (Wildman–Crippen MR) is 294 cm³/mol. The number of aliphatic hydroxyl groups excluding tert-OH is 9. The Morgan fingerprint density at radius 2 is 1.08 bits per heavy atom. The molecule has 0 aliphatic carbocycles. The topological polar surface area (TPSA) is 353 Å². The van der Waals surface area contributed by atoms with Crippen LogP contribution in [0.3, 0.4) is 0 Å². The lowest BCUT2D eigenvalue weighted by molar-refractivity contribution is -0.400. The number of ether oxygens (including phenoxy) is 13. The number of carbonyl (C=O) groups excluding carboxylic acids is 3. The van der Waals surface area contributed by atoms with Crippen LogP contribution in [0.1, 0.15) is 184 Å². The molecule has 0 radical (unpaired) electrons. The summed E-state index contributed by atoms with van der Waals surface area (Å²) in [4.78, 5) is 41.0. The fourth-order valence-corrected chi connectivity index (χ4v) is 11.7. The van der Waals surface area contributed by atoms with Gasteiger partial charge in [-0.2, -0.15) is 0 Å². The van der Waals surface area contributed by atoms with Gasteiger partial charge in [0.15, 0.2) is 49.8 Å². The van der Waals surface area contributed by atoms with Crippen molar-refractivity contribution >= 4 is 17.9 Å². The third-order valence-electron chi connectivity index (χ3n) is 17.2. The molecule has 0 spiro atoms. The minimum atomic E-state index is -2.01. The minimum Gasteiger partial charge on any atom is -0.457 e. The summed E-state index contributed by atoms with van der Waals surface area (Å²) in [5, 5.41) is 102. The Kier molecular flexibility index (Phi) is 29.1. The highest BCUT2D eigenvalue weighted by atomic mass is 16.8. The van der Waals surface area contributed by atoms with Gasteiger partial charge in [-0.1, -0.05) is 111 Å². The number of unbranched alkanes of at least 4 members (excludes halogenated alkanes) is 6. The van der Waals surface area contributed by atoms with Crippen molar-refractivity contribution in [3.05, 3.63) is 0 Å². The van der Waals surface area contributed by atoms with Crippen LogP contribution in [0.5, 0.6) is 0 Å². The van der Waals surface area contributed by atoms with Crippen LogP contribution in [0.2, 0.25) is 0 Å². The van der Waals surface area contributed by atoms with Crippen molar-refractivity contribution in [1.29, 1.82) is 0 Å². The van der Waals surface area contributed by atoms with Gasteiger partial charge in [-0.15, -0.1) is 0 Å². The van der Waals surface area contributed by atoms with Crippen molar-refractivity contribution in [2.75, 3.05) is 6.61 Å². The van der Waals surface area contributed by atoms with Crippen LogP contribution in [0.25, 0.3) is 0 Å². The first-order valence-electron chi connectivity index (χ1n) is 31.3. The molecule has 6 heterocycles. The van der Waals surface area contributed by atoms with Crippen LogP contribution < -0.4 is 0 Å². The van der Waals surface area contributed by atoms with Gasteiger partial charge in [0.2, 0.25) is 0 Å². The Bertz CT molecular complexity index is 1940. The Balaban J connectivity index is 1.36. The van der Waals surface area contributed by atoms with E-state index in [1.54, 1.807) is 20.8 Å². The van der Waals surface area contributed by atoms with Crippen LogP contribution in [-0.4, -0.2) is 230 Å². The Morgan fingerprint density at radius 1 is 0.512 bits per heavy atom. The molecule has 25 heteroatoms. The molecule has 27 atom stereocenters. The molecule has 0 aromatic rings. The van der Waals surface area contributed by atoms with Crippen LogP contribution in [0.4, 0.5) is 0 Å². The van der Waals surface area contributed by atoms with E-state index in [0.29, 0.717) is 38.5 Å². The molecule has 84 heavy (non-hydrogen) atoms. The molecule has 6 aliphatic rings. The summed E-state index contributed by atoms with van der Waals surface area (Å²) in [6.45, 7) is 12.8. The van der Waals surface area contributed by atoms with E-state index in [9.17, 15) is 60.3 Å². The molecule has 488 valence electrons. The maximum absolute atomic E-state index is 14.2. The van der Waals surface area contributed by atoms with E-state index in [2.05, 4.69) is 6.92 Å². The van der Waals surface area contributed by atoms with Gasteiger partial charge in [-0.25, -0.2) is 0 Å². The zero-order chi connectivity index (χ0) is 61.4. The molecule has 1 unspecified atom stereocenters. The zero-order valence-corrected chi connectivity index (χ0v) is 50.5. The molecule has 9 N–H and O–H groups in total. The standard InChI is InChI=1S/C59H102O25/c1-9-12-13-14-16-20-24-28-38(62)79-53-52(84-56-44(68)41(65)40(64)36(29-60)77-56)49(82-55-45(69)43(67)47(32(6)73-55)80-54(71)30(4)11-3)34(8)75-59(53)81-48-33(7)74-58-51(46(48)70)78-37(61)27-23-21-18-15-17-19-22-26-35(25-10-2)76-57-50(83-58)42(66)39(63)31(5)72-57/h30-36,39-53,55-60,63-70H,9-29H2,1-8H3/t30-,31+,32-,33-,34-,35?,36+,39+,40+,41-,42-,43-,44+,45+,46+,47-,48-,49-,50+,51+,52+,53+,55-,56-,57-,58-,59-/m0/s1. The van der Waals surface area contributed by atoms with E-state index in [4.69, 9.17) is 61.6 Å². The van der Waals surface area contributed by atoms with Crippen molar-refractivity contribution in [2.45, 2.75) is 343 Å². The number of rotatable bonds is 21. The fraction of sp³-hybridized carbons (Fsp3) is 0.949. The minimum absolute atomic E-state index is 0.0374. The highest BCUT2D eigenvalue weighted by Crippen LogP contribution is 2.39. The molecule has 6 fully saturated rings. The van der Waals surface area contributed by atoms with Gasteiger partial charge < -0.3 is 108 Å². The third-order valence-corrected chi connectivity index (χ3v) is 17.2. The molecule has 6 aliphatic heterocycles. The summed E-state index contributed by atoms with van der Waals surface area (Å²) in [6, 6.07) is 0. The summed E-state index contributed by atoms with van der Waals surface area (Å²) in [5.74, 6) is -2.67. The molecular weight excluding hydrogens is 1110 g/mol. The van der Waals surface area contributed by atoms with Gasteiger partial charge in [-0.05, 0) is 59.8 Å². The average molecular weight is 1210 g/mol. The van der Waals surface area contributed by atoms with Crippen LogP contribution in [-0.2, 0) is 76.0 Å². The van der Waals surface area contributed by atoms with Gasteiger partial charge in [0.1, 0.15) is 79.4 Å². The fourth-order valence-electron chi connectivity index (χ4n) is 11.7. The van der Waals surface area contributed by atoms with Crippen molar-refractivity contribution < 1.29 is 122 Å². The number of fused-ring (bicyclic) bond motifs is 2. The van der Waals surface area contributed by atoms with Gasteiger partial charge >= 0.3 is 17.9 Å². The summed E-state index contributed by atoms with van der Waals surface area (Å²) >= 11 is 0. The Morgan fingerprint density at radius 3 is 1.76 bits per heavy atom. The van der Waals surface area contributed by atoms with E-state index in [0.717, 1.165) is 77.0 Å². The second-order valence-electron chi connectivity index (χ2n) is 23.9. The highest BCUT2D eigenvalue weighted by Gasteiger charge is 2.59. The smallest absolute Gasteiger partial charge is 0.309 e.